The highest BCUT2D eigenvalue weighted by Crippen LogP contribution is 2.24. The minimum atomic E-state index is 0.0171. The second-order valence-corrected chi connectivity index (χ2v) is 4.57. The minimum absolute atomic E-state index is 0.0171. The monoisotopic (exact) mass is 229 g/mol. The van der Waals surface area contributed by atoms with E-state index in [1.165, 1.54) is 0 Å². The standard InChI is InChI=1S/C8H12BrN3/c1-8(2,3)6-4-5(9)7(10)12-11-6/h4H,1-3H3,(H2,10,12). The van der Waals surface area contributed by atoms with Gasteiger partial charge in [0.1, 0.15) is 0 Å². The van der Waals surface area contributed by atoms with Crippen LogP contribution in [0, 0.1) is 0 Å². The molecule has 66 valence electrons. The zero-order valence-electron chi connectivity index (χ0n) is 7.43. The number of nitrogens with two attached hydrogens (primary N) is 1. The van der Waals surface area contributed by atoms with Gasteiger partial charge in [-0.15, -0.1) is 5.10 Å². The summed E-state index contributed by atoms with van der Waals surface area (Å²) in [5, 5.41) is 7.83. The van der Waals surface area contributed by atoms with Crippen molar-refractivity contribution in [2.45, 2.75) is 26.2 Å². The van der Waals surface area contributed by atoms with Gasteiger partial charge in [0.2, 0.25) is 0 Å². The summed E-state index contributed by atoms with van der Waals surface area (Å²) in [7, 11) is 0. The van der Waals surface area contributed by atoms with E-state index in [-0.39, 0.29) is 5.41 Å². The van der Waals surface area contributed by atoms with Crippen LogP contribution in [0.1, 0.15) is 26.5 Å². The highest BCUT2D eigenvalue weighted by atomic mass is 79.9. The van der Waals surface area contributed by atoms with Crippen LogP contribution < -0.4 is 5.73 Å². The molecule has 0 unspecified atom stereocenters. The van der Waals surface area contributed by atoms with E-state index in [4.69, 9.17) is 5.73 Å². The van der Waals surface area contributed by atoms with Crippen LogP contribution in [0.15, 0.2) is 10.5 Å². The van der Waals surface area contributed by atoms with E-state index < -0.39 is 0 Å². The third-order valence-electron chi connectivity index (χ3n) is 1.54. The largest absolute Gasteiger partial charge is 0.381 e. The first-order chi connectivity index (χ1) is 5.41. The quantitative estimate of drug-likeness (QED) is 0.742. The molecule has 0 radical (unpaired) electrons. The van der Waals surface area contributed by atoms with Crippen molar-refractivity contribution in [1.29, 1.82) is 0 Å². The van der Waals surface area contributed by atoms with Crippen LogP contribution >= 0.6 is 15.9 Å². The van der Waals surface area contributed by atoms with Gasteiger partial charge in [0.05, 0.1) is 10.2 Å². The molecule has 0 fully saturated rings. The Hall–Kier alpha value is -0.640. The maximum absolute atomic E-state index is 5.51. The number of nitrogen functional groups attached to an aromatic ring is 1. The van der Waals surface area contributed by atoms with Gasteiger partial charge >= 0.3 is 0 Å². The lowest BCUT2D eigenvalue weighted by atomic mass is 9.92. The van der Waals surface area contributed by atoms with Gasteiger partial charge in [-0.3, -0.25) is 0 Å². The molecule has 12 heavy (non-hydrogen) atoms. The number of rotatable bonds is 0. The number of anilines is 1. The van der Waals surface area contributed by atoms with Gasteiger partial charge in [-0.2, -0.15) is 5.10 Å². The normalized spacial score (nSPS) is 11.7. The molecule has 2 N–H and O–H groups in total. The Kier molecular flexibility index (Phi) is 2.37. The molecule has 0 aromatic carbocycles. The molecule has 1 rings (SSSR count). The van der Waals surface area contributed by atoms with E-state index in [1.54, 1.807) is 0 Å². The molecule has 3 nitrogen and oxygen atoms in total. The van der Waals surface area contributed by atoms with E-state index in [1.807, 2.05) is 6.07 Å². The molecule has 1 aromatic heterocycles. The smallest absolute Gasteiger partial charge is 0.160 e. The van der Waals surface area contributed by atoms with Crippen LogP contribution in [0.3, 0.4) is 0 Å². The molecule has 0 atom stereocenters. The number of nitrogens with zero attached hydrogens (tertiary/aromatic N) is 2. The second kappa shape index (κ2) is 3.01. The lowest BCUT2D eigenvalue weighted by Crippen LogP contribution is -2.14. The highest BCUT2D eigenvalue weighted by Gasteiger charge is 2.16. The fourth-order valence-electron chi connectivity index (χ4n) is 0.745. The Morgan fingerprint density at radius 2 is 1.92 bits per heavy atom. The van der Waals surface area contributed by atoms with E-state index in [0.717, 1.165) is 10.2 Å². The van der Waals surface area contributed by atoms with Gasteiger partial charge in [-0.25, -0.2) is 0 Å². The summed E-state index contributed by atoms with van der Waals surface area (Å²) in [5.41, 5.74) is 6.46. The molecular formula is C8H12BrN3. The van der Waals surface area contributed by atoms with Crippen molar-refractivity contribution in [2.24, 2.45) is 0 Å². The molecule has 0 aliphatic heterocycles. The first kappa shape index (κ1) is 9.45. The lowest BCUT2D eigenvalue weighted by Gasteiger charge is -2.16. The molecule has 0 aliphatic rings. The summed E-state index contributed by atoms with van der Waals surface area (Å²) in [4.78, 5) is 0. The average molecular weight is 230 g/mol. The van der Waals surface area contributed by atoms with Crippen molar-refractivity contribution in [3.05, 3.63) is 16.2 Å². The van der Waals surface area contributed by atoms with Crippen LogP contribution in [0.4, 0.5) is 5.82 Å². The van der Waals surface area contributed by atoms with Gasteiger partial charge in [0.15, 0.2) is 5.82 Å². The summed E-state index contributed by atoms with van der Waals surface area (Å²) in [6.07, 6.45) is 0. The molecule has 0 spiro atoms. The van der Waals surface area contributed by atoms with Gasteiger partial charge in [0, 0.05) is 5.41 Å². The predicted molar refractivity (Wildman–Crippen MR) is 52.8 cm³/mol. The van der Waals surface area contributed by atoms with Crippen molar-refractivity contribution in [3.8, 4) is 0 Å². The Morgan fingerprint density at radius 1 is 1.33 bits per heavy atom. The van der Waals surface area contributed by atoms with Crippen molar-refractivity contribution in [1.82, 2.24) is 10.2 Å². The first-order valence-corrected chi connectivity index (χ1v) is 4.50. The molecule has 1 heterocycles. The molecule has 0 aliphatic carbocycles. The number of hydrogen-bond acceptors (Lipinski definition) is 3. The molecule has 0 saturated carbocycles. The summed E-state index contributed by atoms with van der Waals surface area (Å²) < 4.78 is 0.808. The Bertz CT molecular complexity index is 291. The van der Waals surface area contributed by atoms with Gasteiger partial charge in [-0.1, -0.05) is 20.8 Å². The van der Waals surface area contributed by atoms with Crippen molar-refractivity contribution in [2.75, 3.05) is 5.73 Å². The average Bonchev–Trinajstić information content (AvgIpc) is 1.92. The first-order valence-electron chi connectivity index (χ1n) is 3.70. The predicted octanol–water partition coefficient (Wildman–Crippen LogP) is 2.12. The van der Waals surface area contributed by atoms with Crippen molar-refractivity contribution >= 4 is 21.7 Å². The van der Waals surface area contributed by atoms with Crippen LogP contribution in [0.25, 0.3) is 0 Å². The maximum Gasteiger partial charge on any atom is 0.160 e. The van der Waals surface area contributed by atoms with E-state index in [9.17, 15) is 0 Å². The molecule has 0 amide bonds. The number of aromatic nitrogens is 2. The Balaban J connectivity index is 3.14. The van der Waals surface area contributed by atoms with Gasteiger partial charge < -0.3 is 5.73 Å². The van der Waals surface area contributed by atoms with Crippen LogP contribution in [0.2, 0.25) is 0 Å². The zero-order valence-corrected chi connectivity index (χ0v) is 9.01. The second-order valence-electron chi connectivity index (χ2n) is 3.71. The minimum Gasteiger partial charge on any atom is -0.381 e. The molecular weight excluding hydrogens is 218 g/mol. The number of halogens is 1. The molecule has 0 saturated heterocycles. The van der Waals surface area contributed by atoms with Crippen molar-refractivity contribution in [3.63, 3.8) is 0 Å². The lowest BCUT2D eigenvalue weighted by molar-refractivity contribution is 0.558. The summed E-state index contributed by atoms with van der Waals surface area (Å²) in [6.45, 7) is 6.25. The third kappa shape index (κ3) is 1.94. The summed E-state index contributed by atoms with van der Waals surface area (Å²) in [6, 6.07) is 1.91. The summed E-state index contributed by atoms with van der Waals surface area (Å²) >= 11 is 3.31. The number of hydrogen-bond donors (Lipinski definition) is 1. The SMILES string of the molecule is CC(C)(C)c1cc(Br)c(N)nn1. The van der Waals surface area contributed by atoms with Crippen LogP contribution in [-0.4, -0.2) is 10.2 Å². The van der Waals surface area contributed by atoms with Crippen molar-refractivity contribution < 1.29 is 0 Å². The zero-order chi connectivity index (χ0) is 9.35. The Morgan fingerprint density at radius 3 is 2.33 bits per heavy atom. The third-order valence-corrected chi connectivity index (χ3v) is 2.18. The van der Waals surface area contributed by atoms with Gasteiger partial charge in [0.25, 0.3) is 0 Å². The van der Waals surface area contributed by atoms with E-state index >= 15 is 0 Å². The van der Waals surface area contributed by atoms with E-state index in [2.05, 4.69) is 46.9 Å². The van der Waals surface area contributed by atoms with Crippen LogP contribution in [-0.2, 0) is 5.41 Å². The maximum atomic E-state index is 5.51. The van der Waals surface area contributed by atoms with Gasteiger partial charge in [-0.05, 0) is 22.0 Å². The molecule has 4 heteroatoms. The fraction of sp³-hybridized carbons (Fsp3) is 0.500. The molecule has 1 aromatic rings. The van der Waals surface area contributed by atoms with E-state index in [0.29, 0.717) is 5.82 Å². The Labute approximate surface area is 80.5 Å². The topological polar surface area (TPSA) is 51.8 Å². The fourth-order valence-corrected chi connectivity index (χ4v) is 1.04. The molecule has 0 bridgehead atoms. The summed E-state index contributed by atoms with van der Waals surface area (Å²) in [5.74, 6) is 0.433. The van der Waals surface area contributed by atoms with Crippen LogP contribution in [0.5, 0.6) is 0 Å². The highest BCUT2D eigenvalue weighted by molar-refractivity contribution is 9.10.